The van der Waals surface area contributed by atoms with E-state index in [4.69, 9.17) is 23.4 Å². The maximum atomic E-state index is 11.3. The summed E-state index contributed by atoms with van der Waals surface area (Å²) in [6.45, 7) is 16.0. The van der Waals surface area contributed by atoms with Crippen LogP contribution in [0.3, 0.4) is 0 Å². The highest BCUT2D eigenvalue weighted by Crippen LogP contribution is 2.73. The van der Waals surface area contributed by atoms with Crippen LogP contribution >= 0.6 is 0 Å². The van der Waals surface area contributed by atoms with Crippen LogP contribution in [0, 0.1) is 29.6 Å². The third-order valence-electron chi connectivity index (χ3n) is 8.97. The van der Waals surface area contributed by atoms with Gasteiger partial charge in [-0.2, -0.15) is 0 Å². The fourth-order valence-electron chi connectivity index (χ4n) is 6.77. The number of aliphatic hydroxyl groups is 1. The Morgan fingerprint density at radius 3 is 2.28 bits per heavy atom. The molecule has 29 heavy (non-hydrogen) atoms. The number of ether oxygens (including phenoxy) is 4. The van der Waals surface area contributed by atoms with Gasteiger partial charge in [0, 0.05) is 45.0 Å². The highest BCUT2D eigenvalue weighted by Gasteiger charge is 2.84. The lowest BCUT2D eigenvalue weighted by Gasteiger charge is -2.50. The lowest BCUT2D eigenvalue weighted by atomic mass is 9.64. The lowest BCUT2D eigenvalue weighted by molar-refractivity contribution is -0.287. The Balaban J connectivity index is 1.78. The van der Waals surface area contributed by atoms with Crippen molar-refractivity contribution in [2.45, 2.75) is 89.1 Å². The highest BCUT2D eigenvalue weighted by atomic mass is 28.4. The van der Waals surface area contributed by atoms with Crippen molar-refractivity contribution in [1.29, 1.82) is 0 Å². The summed E-state index contributed by atoms with van der Waals surface area (Å²) in [5.41, 5.74) is 0. The Hall–Kier alpha value is -0.0231. The third-order valence-corrected chi connectivity index (χ3v) is 13.4. The molecule has 3 aliphatic carbocycles. The van der Waals surface area contributed by atoms with E-state index in [-0.39, 0.29) is 46.8 Å². The predicted molar refractivity (Wildman–Crippen MR) is 112 cm³/mol. The van der Waals surface area contributed by atoms with Crippen molar-refractivity contribution < 1.29 is 28.5 Å². The maximum Gasteiger partial charge on any atom is 0.192 e. The van der Waals surface area contributed by atoms with E-state index in [1.54, 1.807) is 14.2 Å². The summed E-state index contributed by atoms with van der Waals surface area (Å²) in [5, 5.41) is 11.4. The van der Waals surface area contributed by atoms with Gasteiger partial charge in [0.15, 0.2) is 19.9 Å². The molecule has 6 nitrogen and oxygen atoms in total. The molecule has 0 unspecified atom stereocenters. The third kappa shape index (κ3) is 2.68. The van der Waals surface area contributed by atoms with Crippen LogP contribution < -0.4 is 0 Å². The van der Waals surface area contributed by atoms with Gasteiger partial charge in [0.2, 0.25) is 0 Å². The average molecular weight is 429 g/mol. The van der Waals surface area contributed by atoms with Gasteiger partial charge in [-0.1, -0.05) is 27.7 Å². The van der Waals surface area contributed by atoms with E-state index in [1.807, 2.05) is 6.92 Å². The second-order valence-corrected chi connectivity index (χ2v) is 15.8. The monoisotopic (exact) mass is 428 g/mol. The Labute approximate surface area is 176 Å². The average Bonchev–Trinajstić information content (AvgIpc) is 3.16. The normalized spacial score (nSPS) is 47.8. The minimum Gasteiger partial charge on any atom is -0.413 e. The van der Waals surface area contributed by atoms with Crippen LogP contribution in [0.5, 0.6) is 0 Å². The summed E-state index contributed by atoms with van der Waals surface area (Å²) in [6.07, 6.45) is -0.156. The van der Waals surface area contributed by atoms with Gasteiger partial charge in [-0.05, 0) is 31.0 Å². The highest BCUT2D eigenvalue weighted by molar-refractivity contribution is 6.74. The van der Waals surface area contributed by atoms with Gasteiger partial charge in [-0.3, -0.25) is 0 Å². The largest absolute Gasteiger partial charge is 0.413 e. The fraction of sp³-hybridized carbons (Fsp3) is 1.00. The van der Waals surface area contributed by atoms with Gasteiger partial charge in [0.1, 0.15) is 0 Å². The lowest BCUT2D eigenvalue weighted by Crippen LogP contribution is -2.58. The molecule has 0 aromatic heterocycles. The number of methoxy groups -OCH3 is 2. The molecule has 168 valence electrons. The molecule has 4 fully saturated rings. The zero-order valence-electron chi connectivity index (χ0n) is 19.5. The first kappa shape index (κ1) is 22.2. The Bertz CT molecular complexity index is 644. The number of rotatable bonds is 6. The first-order chi connectivity index (χ1) is 13.4. The van der Waals surface area contributed by atoms with Gasteiger partial charge in [-0.15, -0.1) is 0 Å². The van der Waals surface area contributed by atoms with Gasteiger partial charge in [0.25, 0.3) is 0 Å². The van der Waals surface area contributed by atoms with E-state index in [9.17, 15) is 5.11 Å². The van der Waals surface area contributed by atoms with E-state index >= 15 is 0 Å². The van der Waals surface area contributed by atoms with Crippen LogP contribution in [0.25, 0.3) is 0 Å². The Morgan fingerprint density at radius 1 is 1.14 bits per heavy atom. The molecule has 4 rings (SSSR count). The molecule has 1 aliphatic heterocycles. The van der Waals surface area contributed by atoms with Crippen molar-refractivity contribution in [3.63, 3.8) is 0 Å². The van der Waals surface area contributed by atoms with Crippen LogP contribution in [0.4, 0.5) is 0 Å². The van der Waals surface area contributed by atoms with Crippen molar-refractivity contribution in [2.24, 2.45) is 29.6 Å². The van der Waals surface area contributed by atoms with Gasteiger partial charge in [0.05, 0.1) is 24.2 Å². The molecule has 0 radical (unpaired) electrons. The van der Waals surface area contributed by atoms with Gasteiger partial charge < -0.3 is 28.5 Å². The maximum absolute atomic E-state index is 11.3. The predicted octanol–water partition coefficient (Wildman–Crippen LogP) is 3.39. The minimum absolute atomic E-state index is 0.0152. The zero-order chi connectivity index (χ0) is 21.6. The van der Waals surface area contributed by atoms with Crippen LogP contribution in [-0.4, -0.2) is 64.1 Å². The van der Waals surface area contributed by atoms with Crippen molar-refractivity contribution >= 4 is 8.32 Å². The topological polar surface area (TPSA) is 66.4 Å². The van der Waals surface area contributed by atoms with Crippen LogP contribution in [-0.2, 0) is 23.4 Å². The molecule has 4 aliphatic rings. The SMILES string of the molecule is CCO[C@]12C[C@@H]3[C@@H]4[C@H](O[Si](C)(C)C(C)(C)C)[C@@H](C)[C@@H](O)[C@H](O1)[C@@H]4[C@H]2C3(OC)OC. The first-order valence-corrected chi connectivity index (χ1v) is 14.1. The standard InChI is InChI=1S/C22H40O6Si/c1-10-26-21-11-13-14-15(19(21)22(13,24-6)25-7)18(27-21)16(23)12(2)17(14)28-29(8,9)20(3,4)5/h12-19,23H,10-11H2,1-9H3/t12-,13+,14-,15+,16+,17+,18+,19+,21+/m0/s1. The second-order valence-electron chi connectivity index (χ2n) is 11.1. The van der Waals surface area contributed by atoms with Crippen molar-refractivity contribution in [1.82, 2.24) is 0 Å². The van der Waals surface area contributed by atoms with Crippen molar-refractivity contribution in [2.75, 3.05) is 20.8 Å². The van der Waals surface area contributed by atoms with E-state index in [0.717, 1.165) is 6.42 Å². The Morgan fingerprint density at radius 2 is 1.76 bits per heavy atom. The van der Waals surface area contributed by atoms with Crippen LogP contribution in [0.15, 0.2) is 0 Å². The molecule has 1 heterocycles. The molecule has 1 N–H and O–H groups in total. The van der Waals surface area contributed by atoms with Gasteiger partial charge in [-0.25, -0.2) is 0 Å². The fourth-order valence-corrected chi connectivity index (χ4v) is 8.17. The zero-order valence-corrected chi connectivity index (χ0v) is 20.5. The molecule has 0 spiro atoms. The molecule has 0 aromatic carbocycles. The molecule has 1 saturated heterocycles. The van der Waals surface area contributed by atoms with E-state index < -0.39 is 26.0 Å². The first-order valence-electron chi connectivity index (χ1n) is 11.2. The number of hydrogen-bond donors (Lipinski definition) is 1. The molecule has 0 aromatic rings. The molecular weight excluding hydrogens is 388 g/mol. The van der Waals surface area contributed by atoms with E-state index in [0.29, 0.717) is 6.61 Å². The number of aliphatic hydroxyl groups excluding tert-OH is 1. The van der Waals surface area contributed by atoms with E-state index in [1.165, 1.54) is 0 Å². The number of hydrogen-bond acceptors (Lipinski definition) is 6. The minimum atomic E-state index is -2.02. The van der Waals surface area contributed by atoms with Crippen LogP contribution in [0.2, 0.25) is 18.1 Å². The molecule has 3 saturated carbocycles. The summed E-state index contributed by atoms with van der Waals surface area (Å²) in [6, 6.07) is 0. The Kier molecular flexibility index (Phi) is 5.15. The van der Waals surface area contributed by atoms with Gasteiger partial charge >= 0.3 is 0 Å². The molecular formula is C22H40O6Si. The molecule has 0 amide bonds. The summed E-state index contributed by atoms with van der Waals surface area (Å²) >= 11 is 0. The molecule has 9 atom stereocenters. The number of fused-ring (bicyclic) bond motifs is 2. The molecule has 7 heteroatoms. The smallest absolute Gasteiger partial charge is 0.192 e. The van der Waals surface area contributed by atoms with E-state index in [2.05, 4.69) is 40.8 Å². The van der Waals surface area contributed by atoms with Crippen molar-refractivity contribution in [3.05, 3.63) is 0 Å². The van der Waals surface area contributed by atoms with Crippen molar-refractivity contribution in [3.8, 4) is 0 Å². The second kappa shape index (κ2) is 6.74. The summed E-state index contributed by atoms with van der Waals surface area (Å²) in [4.78, 5) is 0. The summed E-state index contributed by atoms with van der Waals surface area (Å²) in [5.74, 6) is -1.10. The summed E-state index contributed by atoms with van der Waals surface area (Å²) in [7, 11) is 1.43. The molecule has 2 bridgehead atoms. The summed E-state index contributed by atoms with van der Waals surface area (Å²) < 4.78 is 32.0. The quantitative estimate of drug-likeness (QED) is 0.517. The van der Waals surface area contributed by atoms with Crippen LogP contribution in [0.1, 0.15) is 41.0 Å².